The average molecular weight is 207 g/mol. The number of hydrogen-bond acceptors (Lipinski definition) is 3. The number of piperidine rings is 1. The number of aryl methyl sites for hydroxylation is 1. The van der Waals surface area contributed by atoms with E-state index < -0.39 is 0 Å². The first-order valence-corrected chi connectivity index (χ1v) is 5.58. The smallest absolute Gasteiger partial charge is 0.211 e. The quantitative estimate of drug-likeness (QED) is 0.713. The van der Waals surface area contributed by atoms with Crippen molar-refractivity contribution < 1.29 is 9.21 Å². The van der Waals surface area contributed by atoms with Crippen LogP contribution < -0.4 is 0 Å². The van der Waals surface area contributed by atoms with Crippen molar-refractivity contribution in [1.29, 1.82) is 0 Å². The van der Waals surface area contributed by atoms with E-state index in [4.69, 9.17) is 4.42 Å². The molecule has 0 atom stereocenters. The Balaban J connectivity index is 1.91. The van der Waals surface area contributed by atoms with Crippen LogP contribution in [0.4, 0.5) is 0 Å². The second kappa shape index (κ2) is 4.62. The van der Waals surface area contributed by atoms with Crippen molar-refractivity contribution in [2.24, 2.45) is 0 Å². The molecule has 0 amide bonds. The molecule has 0 radical (unpaired) electrons. The lowest BCUT2D eigenvalue weighted by molar-refractivity contribution is 0.0887. The molecule has 1 aromatic rings. The summed E-state index contributed by atoms with van der Waals surface area (Å²) < 4.78 is 5.31. The predicted octanol–water partition coefficient (Wildman–Crippen LogP) is 2.26. The van der Waals surface area contributed by atoms with E-state index >= 15 is 0 Å². The van der Waals surface area contributed by atoms with Gasteiger partial charge in [0.15, 0.2) is 5.76 Å². The lowest BCUT2D eigenvalue weighted by Gasteiger charge is -2.25. The third-order valence-electron chi connectivity index (χ3n) is 2.83. The molecule has 2 rings (SSSR count). The topological polar surface area (TPSA) is 33.5 Å². The summed E-state index contributed by atoms with van der Waals surface area (Å²) in [6.07, 6.45) is 3.72. The van der Waals surface area contributed by atoms with Gasteiger partial charge in [0.05, 0.1) is 6.54 Å². The van der Waals surface area contributed by atoms with Gasteiger partial charge in [-0.3, -0.25) is 9.69 Å². The van der Waals surface area contributed by atoms with Gasteiger partial charge in [0.2, 0.25) is 5.78 Å². The molecule has 1 saturated heterocycles. The number of Topliss-reactive ketones (excluding diaryl/α,β-unsaturated/α-hetero) is 1. The molecule has 0 unspecified atom stereocenters. The molecular formula is C12H17NO2. The van der Waals surface area contributed by atoms with E-state index in [-0.39, 0.29) is 5.78 Å². The zero-order chi connectivity index (χ0) is 10.7. The third kappa shape index (κ3) is 2.69. The molecule has 0 saturated carbocycles. The highest BCUT2D eigenvalue weighted by Gasteiger charge is 2.16. The Kier molecular flexibility index (Phi) is 3.21. The molecule has 1 fully saturated rings. The van der Waals surface area contributed by atoms with E-state index in [0.717, 1.165) is 18.8 Å². The minimum atomic E-state index is 0.102. The maximum Gasteiger partial charge on any atom is 0.211 e. The van der Waals surface area contributed by atoms with E-state index in [1.54, 1.807) is 6.07 Å². The molecule has 15 heavy (non-hydrogen) atoms. The second-order valence-electron chi connectivity index (χ2n) is 4.17. The molecular weight excluding hydrogens is 190 g/mol. The Labute approximate surface area is 90.1 Å². The van der Waals surface area contributed by atoms with Crippen LogP contribution in [0, 0.1) is 6.92 Å². The van der Waals surface area contributed by atoms with Crippen molar-refractivity contribution in [3.8, 4) is 0 Å². The molecule has 1 aliphatic heterocycles. The van der Waals surface area contributed by atoms with E-state index in [1.807, 2.05) is 13.0 Å². The van der Waals surface area contributed by atoms with Gasteiger partial charge in [-0.2, -0.15) is 0 Å². The molecule has 3 nitrogen and oxygen atoms in total. The number of carbonyl (C=O) groups excluding carboxylic acids is 1. The van der Waals surface area contributed by atoms with Crippen molar-refractivity contribution in [2.45, 2.75) is 26.2 Å². The summed E-state index contributed by atoms with van der Waals surface area (Å²) in [6.45, 7) is 4.46. The lowest BCUT2D eigenvalue weighted by atomic mass is 10.1. The summed E-state index contributed by atoms with van der Waals surface area (Å²) in [7, 11) is 0. The normalized spacial score (nSPS) is 17.9. The minimum Gasteiger partial charge on any atom is -0.458 e. The fourth-order valence-corrected chi connectivity index (χ4v) is 1.98. The molecule has 1 aliphatic rings. The zero-order valence-corrected chi connectivity index (χ0v) is 9.16. The maximum absolute atomic E-state index is 11.8. The van der Waals surface area contributed by atoms with Crippen molar-refractivity contribution in [3.63, 3.8) is 0 Å². The summed E-state index contributed by atoms with van der Waals surface area (Å²) in [5.74, 6) is 1.40. The average Bonchev–Trinajstić information content (AvgIpc) is 2.66. The van der Waals surface area contributed by atoms with Crippen LogP contribution in [0.2, 0.25) is 0 Å². The van der Waals surface area contributed by atoms with Gasteiger partial charge in [0.25, 0.3) is 0 Å². The largest absolute Gasteiger partial charge is 0.458 e. The van der Waals surface area contributed by atoms with E-state index in [2.05, 4.69) is 4.90 Å². The van der Waals surface area contributed by atoms with Crippen molar-refractivity contribution in [3.05, 3.63) is 23.7 Å². The van der Waals surface area contributed by atoms with Gasteiger partial charge < -0.3 is 4.42 Å². The van der Waals surface area contributed by atoms with E-state index in [1.165, 1.54) is 19.3 Å². The SMILES string of the molecule is Cc1ccc(C(=O)CN2CCCCC2)o1. The third-order valence-corrected chi connectivity index (χ3v) is 2.83. The van der Waals surface area contributed by atoms with Crippen LogP contribution in [0.5, 0.6) is 0 Å². The molecule has 3 heteroatoms. The Morgan fingerprint density at radius 1 is 1.33 bits per heavy atom. The predicted molar refractivity (Wildman–Crippen MR) is 58.1 cm³/mol. The molecule has 0 aromatic carbocycles. The Morgan fingerprint density at radius 2 is 2.07 bits per heavy atom. The van der Waals surface area contributed by atoms with Crippen LogP contribution >= 0.6 is 0 Å². The van der Waals surface area contributed by atoms with Gasteiger partial charge in [-0.1, -0.05) is 6.42 Å². The van der Waals surface area contributed by atoms with Gasteiger partial charge >= 0.3 is 0 Å². The van der Waals surface area contributed by atoms with Crippen molar-refractivity contribution in [2.75, 3.05) is 19.6 Å². The number of ketones is 1. The van der Waals surface area contributed by atoms with Gasteiger partial charge in [-0.15, -0.1) is 0 Å². The van der Waals surface area contributed by atoms with Crippen LogP contribution in [0.3, 0.4) is 0 Å². The molecule has 82 valence electrons. The first-order valence-electron chi connectivity index (χ1n) is 5.58. The summed E-state index contributed by atoms with van der Waals surface area (Å²) in [4.78, 5) is 14.0. The number of carbonyl (C=O) groups is 1. The zero-order valence-electron chi connectivity index (χ0n) is 9.16. The highest BCUT2D eigenvalue weighted by atomic mass is 16.3. The number of likely N-dealkylation sites (tertiary alicyclic amines) is 1. The first kappa shape index (κ1) is 10.4. The summed E-state index contributed by atoms with van der Waals surface area (Å²) >= 11 is 0. The highest BCUT2D eigenvalue weighted by Crippen LogP contribution is 2.11. The second-order valence-corrected chi connectivity index (χ2v) is 4.17. The maximum atomic E-state index is 11.8. The number of furan rings is 1. The fraction of sp³-hybridized carbons (Fsp3) is 0.583. The molecule has 2 heterocycles. The number of rotatable bonds is 3. The van der Waals surface area contributed by atoms with Crippen LogP contribution in [0.1, 0.15) is 35.6 Å². The van der Waals surface area contributed by atoms with E-state index in [9.17, 15) is 4.79 Å². The Morgan fingerprint density at radius 3 is 2.67 bits per heavy atom. The molecule has 1 aromatic heterocycles. The van der Waals surface area contributed by atoms with Crippen LogP contribution in [0.25, 0.3) is 0 Å². The first-order chi connectivity index (χ1) is 7.25. The highest BCUT2D eigenvalue weighted by molar-refractivity contribution is 5.95. The van der Waals surface area contributed by atoms with Gasteiger partial charge in [0.1, 0.15) is 5.76 Å². The summed E-state index contributed by atoms with van der Waals surface area (Å²) in [5, 5.41) is 0. The van der Waals surface area contributed by atoms with E-state index in [0.29, 0.717) is 12.3 Å². The Hall–Kier alpha value is -1.09. The lowest BCUT2D eigenvalue weighted by Crippen LogP contribution is -2.34. The Bertz CT molecular complexity index is 337. The van der Waals surface area contributed by atoms with Crippen LogP contribution in [-0.4, -0.2) is 30.3 Å². The van der Waals surface area contributed by atoms with Crippen LogP contribution in [0.15, 0.2) is 16.5 Å². The molecule has 0 bridgehead atoms. The minimum absolute atomic E-state index is 0.102. The number of hydrogen-bond donors (Lipinski definition) is 0. The molecule has 0 N–H and O–H groups in total. The van der Waals surface area contributed by atoms with Crippen LogP contribution in [-0.2, 0) is 0 Å². The number of nitrogens with zero attached hydrogens (tertiary/aromatic N) is 1. The summed E-state index contributed by atoms with van der Waals surface area (Å²) in [5.41, 5.74) is 0. The monoisotopic (exact) mass is 207 g/mol. The molecule has 0 spiro atoms. The van der Waals surface area contributed by atoms with Gasteiger partial charge in [-0.05, 0) is 45.0 Å². The fourth-order valence-electron chi connectivity index (χ4n) is 1.98. The molecule has 0 aliphatic carbocycles. The van der Waals surface area contributed by atoms with Crippen molar-refractivity contribution >= 4 is 5.78 Å². The van der Waals surface area contributed by atoms with Gasteiger partial charge in [0, 0.05) is 0 Å². The standard InChI is InChI=1S/C12H17NO2/c1-10-5-6-12(15-10)11(14)9-13-7-3-2-4-8-13/h5-6H,2-4,7-9H2,1H3. The van der Waals surface area contributed by atoms with Gasteiger partial charge in [-0.25, -0.2) is 0 Å². The van der Waals surface area contributed by atoms with Crippen molar-refractivity contribution in [1.82, 2.24) is 4.90 Å². The summed E-state index contributed by atoms with van der Waals surface area (Å²) in [6, 6.07) is 3.60.